The van der Waals surface area contributed by atoms with Gasteiger partial charge >= 0.3 is 0 Å². The van der Waals surface area contributed by atoms with Crippen molar-refractivity contribution < 1.29 is 13.5 Å². The van der Waals surface area contributed by atoms with Crippen molar-refractivity contribution in [3.8, 4) is 5.75 Å². The molecule has 3 rings (SSSR count). The lowest BCUT2D eigenvalue weighted by Gasteiger charge is -2.10. The molecule has 1 N–H and O–H groups in total. The first kappa shape index (κ1) is 14.5. The van der Waals surface area contributed by atoms with Crippen LogP contribution in [0.25, 0.3) is 0 Å². The van der Waals surface area contributed by atoms with E-state index in [9.17, 15) is 8.78 Å². The number of ether oxygens (including phenoxy) is 1. The maximum atomic E-state index is 13.9. The second kappa shape index (κ2) is 6.54. The molecule has 0 atom stereocenters. The third kappa shape index (κ3) is 4.02. The third-order valence-corrected chi connectivity index (χ3v) is 4.34. The summed E-state index contributed by atoms with van der Waals surface area (Å²) in [4.78, 5) is 1.14. The highest BCUT2D eigenvalue weighted by atomic mass is 32.1. The van der Waals surface area contributed by atoms with E-state index in [0.29, 0.717) is 24.6 Å². The van der Waals surface area contributed by atoms with Crippen molar-refractivity contribution in [2.24, 2.45) is 0 Å². The zero-order valence-corrected chi connectivity index (χ0v) is 12.4. The van der Waals surface area contributed by atoms with Gasteiger partial charge < -0.3 is 10.1 Å². The maximum absolute atomic E-state index is 13.9. The van der Waals surface area contributed by atoms with Crippen molar-refractivity contribution in [2.45, 2.75) is 31.8 Å². The van der Waals surface area contributed by atoms with Crippen LogP contribution >= 0.6 is 11.3 Å². The fourth-order valence-corrected chi connectivity index (χ4v) is 2.80. The van der Waals surface area contributed by atoms with Crippen LogP contribution in [0, 0.1) is 11.6 Å². The Hall–Kier alpha value is -1.46. The van der Waals surface area contributed by atoms with Crippen molar-refractivity contribution in [3.05, 3.63) is 51.7 Å². The summed E-state index contributed by atoms with van der Waals surface area (Å²) in [6.45, 7) is 0.766. The lowest BCUT2D eigenvalue weighted by Crippen LogP contribution is -2.15. The molecular weight excluding hydrogens is 292 g/mol. The Labute approximate surface area is 126 Å². The monoisotopic (exact) mass is 309 g/mol. The van der Waals surface area contributed by atoms with Crippen molar-refractivity contribution >= 4 is 11.3 Å². The van der Waals surface area contributed by atoms with Crippen LogP contribution in [0.3, 0.4) is 0 Å². The fraction of sp³-hybridized carbons (Fsp3) is 0.375. The van der Waals surface area contributed by atoms with E-state index < -0.39 is 11.6 Å². The van der Waals surface area contributed by atoms with Gasteiger partial charge in [0.15, 0.2) is 17.4 Å². The van der Waals surface area contributed by atoms with Gasteiger partial charge in [-0.2, -0.15) is 0 Å². The van der Waals surface area contributed by atoms with Crippen LogP contribution in [0.15, 0.2) is 29.6 Å². The van der Waals surface area contributed by atoms with Gasteiger partial charge in [-0.05, 0) is 42.0 Å². The molecule has 1 heterocycles. The number of hydrogen-bond donors (Lipinski definition) is 1. The number of thiophene rings is 1. The van der Waals surface area contributed by atoms with E-state index >= 15 is 0 Å². The molecule has 0 unspecified atom stereocenters. The molecule has 1 fully saturated rings. The zero-order valence-electron chi connectivity index (χ0n) is 11.6. The summed E-state index contributed by atoms with van der Waals surface area (Å²) in [6.07, 6.45) is 2.95. The van der Waals surface area contributed by atoms with Gasteiger partial charge in [0.25, 0.3) is 0 Å². The Morgan fingerprint density at radius 3 is 2.62 bits per heavy atom. The van der Waals surface area contributed by atoms with Gasteiger partial charge in [0.05, 0.1) is 6.61 Å². The molecule has 1 aromatic heterocycles. The second-order valence-corrected chi connectivity index (χ2v) is 6.25. The van der Waals surface area contributed by atoms with E-state index in [2.05, 4.69) is 5.32 Å². The van der Waals surface area contributed by atoms with E-state index in [4.69, 9.17) is 4.74 Å². The molecule has 1 aromatic carbocycles. The molecule has 0 aliphatic heterocycles. The summed E-state index contributed by atoms with van der Waals surface area (Å²) in [5.41, 5.74) is 0.613. The van der Waals surface area contributed by atoms with Crippen LogP contribution in [0.5, 0.6) is 5.75 Å². The standard InChI is InChI=1S/C16H17F2NOS/c17-14-8-11(10-19-12-3-4-12)9-15(18)16(14)20-6-5-13-2-1-7-21-13/h1-2,7-9,12,19H,3-6,10H2. The summed E-state index contributed by atoms with van der Waals surface area (Å²) in [6, 6.07) is 7.13. The molecule has 1 saturated carbocycles. The smallest absolute Gasteiger partial charge is 0.190 e. The Morgan fingerprint density at radius 1 is 1.24 bits per heavy atom. The summed E-state index contributed by atoms with van der Waals surface area (Å²) in [5, 5.41) is 5.21. The molecule has 112 valence electrons. The molecule has 0 amide bonds. The summed E-state index contributed by atoms with van der Waals surface area (Å²) >= 11 is 1.61. The minimum absolute atomic E-state index is 0.272. The van der Waals surface area contributed by atoms with Gasteiger partial charge in [0, 0.05) is 23.9 Å². The highest BCUT2D eigenvalue weighted by Gasteiger charge is 2.20. The normalized spacial score (nSPS) is 14.4. The van der Waals surface area contributed by atoms with E-state index in [1.165, 1.54) is 12.1 Å². The largest absolute Gasteiger partial charge is 0.487 e. The van der Waals surface area contributed by atoms with Crippen molar-refractivity contribution in [2.75, 3.05) is 6.61 Å². The molecule has 21 heavy (non-hydrogen) atoms. The van der Waals surface area contributed by atoms with Gasteiger partial charge in [0.1, 0.15) is 0 Å². The second-order valence-electron chi connectivity index (χ2n) is 5.22. The molecule has 1 aliphatic rings. The quantitative estimate of drug-likeness (QED) is 0.837. The van der Waals surface area contributed by atoms with Crippen LogP contribution in [0.2, 0.25) is 0 Å². The molecule has 0 bridgehead atoms. The van der Waals surface area contributed by atoms with Gasteiger partial charge in [-0.25, -0.2) is 8.78 Å². The Morgan fingerprint density at radius 2 is 2.00 bits per heavy atom. The predicted octanol–water partition coefficient (Wildman–Crippen LogP) is 3.90. The minimum Gasteiger partial charge on any atom is -0.487 e. The third-order valence-electron chi connectivity index (χ3n) is 3.41. The van der Waals surface area contributed by atoms with Gasteiger partial charge in [-0.1, -0.05) is 6.07 Å². The first-order valence-corrected chi connectivity index (χ1v) is 7.97. The summed E-state index contributed by atoms with van der Waals surface area (Å²) in [7, 11) is 0. The first-order valence-electron chi connectivity index (χ1n) is 7.09. The Bertz CT molecular complexity index is 573. The van der Waals surface area contributed by atoms with Gasteiger partial charge in [-0.15, -0.1) is 11.3 Å². The van der Waals surface area contributed by atoms with Crippen molar-refractivity contribution in [1.29, 1.82) is 0 Å². The average molecular weight is 309 g/mol. The predicted molar refractivity (Wildman–Crippen MR) is 79.7 cm³/mol. The van der Waals surface area contributed by atoms with Crippen LogP contribution in [0.1, 0.15) is 23.3 Å². The highest BCUT2D eigenvalue weighted by molar-refractivity contribution is 7.09. The molecule has 0 radical (unpaired) electrons. The van der Waals surface area contributed by atoms with E-state index in [1.807, 2.05) is 17.5 Å². The van der Waals surface area contributed by atoms with E-state index in [1.54, 1.807) is 11.3 Å². The average Bonchev–Trinajstić information content (AvgIpc) is 3.14. The lowest BCUT2D eigenvalue weighted by molar-refractivity contribution is 0.288. The van der Waals surface area contributed by atoms with Crippen LogP contribution in [-0.4, -0.2) is 12.6 Å². The molecule has 0 spiro atoms. The van der Waals surface area contributed by atoms with Crippen molar-refractivity contribution in [3.63, 3.8) is 0 Å². The summed E-state index contributed by atoms with van der Waals surface area (Å²) < 4.78 is 33.1. The molecular formula is C16H17F2NOS. The Balaban J connectivity index is 1.58. The molecule has 5 heteroatoms. The highest BCUT2D eigenvalue weighted by Crippen LogP contribution is 2.25. The fourth-order valence-electron chi connectivity index (χ4n) is 2.11. The van der Waals surface area contributed by atoms with E-state index in [0.717, 1.165) is 17.7 Å². The lowest BCUT2D eigenvalue weighted by atomic mass is 10.2. The maximum Gasteiger partial charge on any atom is 0.190 e. The number of halogens is 2. The number of rotatable bonds is 7. The topological polar surface area (TPSA) is 21.3 Å². The number of hydrogen-bond acceptors (Lipinski definition) is 3. The molecule has 1 aliphatic carbocycles. The van der Waals surface area contributed by atoms with Crippen molar-refractivity contribution in [1.82, 2.24) is 5.32 Å². The molecule has 2 nitrogen and oxygen atoms in total. The Kier molecular flexibility index (Phi) is 4.51. The number of benzene rings is 1. The van der Waals surface area contributed by atoms with E-state index in [-0.39, 0.29) is 12.4 Å². The number of nitrogens with one attached hydrogen (secondary N) is 1. The van der Waals surface area contributed by atoms with Gasteiger partial charge in [-0.3, -0.25) is 0 Å². The van der Waals surface area contributed by atoms with Crippen LogP contribution in [0.4, 0.5) is 8.78 Å². The SMILES string of the molecule is Fc1cc(CNC2CC2)cc(F)c1OCCc1cccs1. The molecule has 2 aromatic rings. The zero-order chi connectivity index (χ0) is 14.7. The first-order chi connectivity index (χ1) is 10.2. The van der Waals surface area contributed by atoms with Crippen LogP contribution < -0.4 is 10.1 Å². The van der Waals surface area contributed by atoms with Crippen LogP contribution in [-0.2, 0) is 13.0 Å². The minimum atomic E-state index is -0.631. The van der Waals surface area contributed by atoms with Gasteiger partial charge in [0.2, 0.25) is 0 Å². The summed E-state index contributed by atoms with van der Waals surface area (Å²) in [5.74, 6) is -1.54. The molecule has 0 saturated heterocycles.